The molecule has 0 saturated carbocycles. The molecule has 2 atom stereocenters. The van der Waals surface area contributed by atoms with Crippen molar-refractivity contribution in [3.8, 4) is 0 Å². The lowest BCUT2D eigenvalue weighted by Gasteiger charge is -2.33. The van der Waals surface area contributed by atoms with Gasteiger partial charge in [-0.05, 0) is 59.6 Å². The van der Waals surface area contributed by atoms with Crippen LogP contribution < -0.4 is 5.32 Å². The molecule has 0 saturated heterocycles. The molecule has 0 fully saturated rings. The summed E-state index contributed by atoms with van der Waals surface area (Å²) in [4.78, 5) is 39.5. The van der Waals surface area contributed by atoms with E-state index in [1.54, 1.807) is 24.0 Å². The number of ether oxygens (including phenoxy) is 1. The van der Waals surface area contributed by atoms with Gasteiger partial charge in [0.25, 0.3) is 11.8 Å². The second-order valence-corrected chi connectivity index (χ2v) is 8.07. The van der Waals surface area contributed by atoms with Gasteiger partial charge in [0.1, 0.15) is 6.04 Å². The number of carbonyl (C=O) groups is 3. The van der Waals surface area contributed by atoms with Crippen LogP contribution >= 0.6 is 0 Å². The van der Waals surface area contributed by atoms with Gasteiger partial charge in [0, 0.05) is 17.6 Å². The van der Waals surface area contributed by atoms with Gasteiger partial charge in [-0.25, -0.2) is 4.79 Å². The predicted octanol–water partition coefficient (Wildman–Crippen LogP) is 3.33. The highest BCUT2D eigenvalue weighted by Crippen LogP contribution is 2.13. The van der Waals surface area contributed by atoms with Gasteiger partial charge in [0.2, 0.25) is 0 Å². The van der Waals surface area contributed by atoms with E-state index in [4.69, 9.17) is 4.74 Å². The van der Waals surface area contributed by atoms with Crippen molar-refractivity contribution in [1.82, 2.24) is 10.2 Å². The van der Waals surface area contributed by atoms with E-state index in [-0.39, 0.29) is 29.8 Å². The molecule has 28 heavy (non-hydrogen) atoms. The quantitative estimate of drug-likeness (QED) is 0.691. The minimum Gasteiger partial charge on any atom is -0.451 e. The molecule has 1 N–H and O–H groups in total. The number of nitrogens with zero attached hydrogens (tertiary/aromatic N) is 1. The van der Waals surface area contributed by atoms with Gasteiger partial charge < -0.3 is 15.0 Å². The topological polar surface area (TPSA) is 75.7 Å². The van der Waals surface area contributed by atoms with Crippen LogP contribution in [0.25, 0.3) is 0 Å². The lowest BCUT2D eigenvalue weighted by atomic mass is 10.0. The first-order valence-corrected chi connectivity index (χ1v) is 9.85. The normalized spacial score (nSPS) is 13.4. The average molecular weight is 391 g/mol. The molecule has 1 aromatic rings. The first-order valence-electron chi connectivity index (χ1n) is 9.85. The van der Waals surface area contributed by atoms with Crippen molar-refractivity contribution in [3.63, 3.8) is 0 Å². The molecule has 0 aliphatic rings. The predicted molar refractivity (Wildman–Crippen MR) is 110 cm³/mol. The third-order valence-corrected chi connectivity index (χ3v) is 4.53. The number of aryl methyl sites for hydroxylation is 1. The summed E-state index contributed by atoms with van der Waals surface area (Å²) >= 11 is 0. The summed E-state index contributed by atoms with van der Waals surface area (Å²) in [6, 6.07) is 6.25. The first kappa shape index (κ1) is 23.7. The fourth-order valence-electron chi connectivity index (χ4n) is 3.04. The molecule has 0 aliphatic carbocycles. The maximum atomic E-state index is 12.7. The summed E-state index contributed by atoms with van der Waals surface area (Å²) in [7, 11) is 0. The van der Waals surface area contributed by atoms with Crippen molar-refractivity contribution in [1.29, 1.82) is 0 Å². The zero-order valence-corrected chi connectivity index (χ0v) is 18.3. The number of esters is 1. The number of rotatable bonds is 8. The lowest BCUT2D eigenvalue weighted by molar-refractivity contribution is -0.163. The highest BCUT2D eigenvalue weighted by molar-refractivity contribution is 5.97. The highest BCUT2D eigenvalue weighted by atomic mass is 16.5. The first-order chi connectivity index (χ1) is 13.0. The Balaban J connectivity index is 2.85. The number of benzene rings is 1. The van der Waals surface area contributed by atoms with Crippen LogP contribution in [0, 0.1) is 12.8 Å². The summed E-state index contributed by atoms with van der Waals surface area (Å²) in [5.41, 5.74) is 1.52. The molecule has 0 bridgehead atoms. The van der Waals surface area contributed by atoms with Crippen LogP contribution in [0.1, 0.15) is 64.4 Å². The van der Waals surface area contributed by atoms with Crippen LogP contribution in [0.15, 0.2) is 24.3 Å². The number of carbonyl (C=O) groups excluding carboxylic acids is 3. The standard InChI is InChI=1S/C22H34N2O4/c1-13(2)19(23-20(25)18-11-9-16(7)10-12-18)22(27)28-17(8)21(26)24(14(3)4)15(5)6/h9-15,17,19H,1-8H3,(H,23,25)/t17-,19+/m1/s1. The monoisotopic (exact) mass is 390 g/mol. The molecule has 0 aromatic heterocycles. The van der Waals surface area contributed by atoms with E-state index >= 15 is 0 Å². The van der Waals surface area contributed by atoms with Gasteiger partial charge in [0.05, 0.1) is 0 Å². The van der Waals surface area contributed by atoms with Gasteiger partial charge in [-0.1, -0.05) is 31.5 Å². The molecule has 0 unspecified atom stereocenters. The smallest absolute Gasteiger partial charge is 0.329 e. The van der Waals surface area contributed by atoms with E-state index < -0.39 is 18.1 Å². The summed E-state index contributed by atoms with van der Waals surface area (Å²) in [6.45, 7) is 14.8. The Hall–Kier alpha value is -2.37. The van der Waals surface area contributed by atoms with Gasteiger partial charge >= 0.3 is 5.97 Å². The summed E-state index contributed by atoms with van der Waals surface area (Å²) in [5, 5.41) is 2.73. The van der Waals surface area contributed by atoms with E-state index in [1.165, 1.54) is 0 Å². The fourth-order valence-corrected chi connectivity index (χ4v) is 3.04. The van der Waals surface area contributed by atoms with E-state index in [2.05, 4.69) is 5.32 Å². The summed E-state index contributed by atoms with van der Waals surface area (Å²) < 4.78 is 5.43. The van der Waals surface area contributed by atoms with Gasteiger partial charge in [-0.3, -0.25) is 9.59 Å². The zero-order chi connectivity index (χ0) is 21.6. The van der Waals surface area contributed by atoms with Crippen molar-refractivity contribution < 1.29 is 19.1 Å². The molecule has 0 radical (unpaired) electrons. The Morgan fingerprint density at radius 3 is 1.82 bits per heavy atom. The van der Waals surface area contributed by atoms with E-state index in [1.807, 2.05) is 60.6 Å². The number of hydrogen-bond acceptors (Lipinski definition) is 4. The van der Waals surface area contributed by atoms with E-state index in [9.17, 15) is 14.4 Å². The molecule has 2 amide bonds. The minimum absolute atomic E-state index is 0.00390. The van der Waals surface area contributed by atoms with E-state index in [0.717, 1.165) is 5.56 Å². The van der Waals surface area contributed by atoms with Crippen LogP contribution in [-0.2, 0) is 14.3 Å². The molecule has 0 aliphatic heterocycles. The van der Waals surface area contributed by atoms with Crippen LogP contribution in [-0.4, -0.2) is 46.9 Å². The Morgan fingerprint density at radius 2 is 1.39 bits per heavy atom. The number of nitrogens with one attached hydrogen (secondary N) is 1. The SMILES string of the molecule is Cc1ccc(C(=O)N[C@H](C(=O)O[C@H](C)C(=O)N(C(C)C)C(C)C)C(C)C)cc1. The lowest BCUT2D eigenvalue weighted by Crippen LogP contribution is -2.50. The molecule has 1 aromatic carbocycles. The average Bonchev–Trinajstić information content (AvgIpc) is 2.58. The molecule has 0 heterocycles. The zero-order valence-electron chi connectivity index (χ0n) is 18.3. The second kappa shape index (κ2) is 10.2. The van der Waals surface area contributed by atoms with Gasteiger partial charge in [-0.15, -0.1) is 0 Å². The van der Waals surface area contributed by atoms with Crippen LogP contribution in [0.3, 0.4) is 0 Å². The third-order valence-electron chi connectivity index (χ3n) is 4.53. The molecule has 6 heteroatoms. The Labute approximate surface area is 168 Å². The molecule has 156 valence electrons. The van der Waals surface area contributed by atoms with Crippen molar-refractivity contribution in [2.45, 2.75) is 79.6 Å². The molecule has 6 nitrogen and oxygen atoms in total. The molecule has 1 rings (SSSR count). The third kappa shape index (κ3) is 6.36. The minimum atomic E-state index is -0.921. The fraction of sp³-hybridized carbons (Fsp3) is 0.591. The molecular formula is C22H34N2O4. The maximum absolute atomic E-state index is 12.7. The molecular weight excluding hydrogens is 356 g/mol. The summed E-state index contributed by atoms with van der Waals surface area (Å²) in [6.07, 6.45) is -0.921. The van der Waals surface area contributed by atoms with Crippen LogP contribution in [0.4, 0.5) is 0 Å². The van der Waals surface area contributed by atoms with Crippen LogP contribution in [0.5, 0.6) is 0 Å². The Bertz CT molecular complexity index is 672. The maximum Gasteiger partial charge on any atom is 0.329 e. The Kier molecular flexibility index (Phi) is 8.66. The van der Waals surface area contributed by atoms with Crippen molar-refractivity contribution >= 4 is 17.8 Å². The second-order valence-electron chi connectivity index (χ2n) is 8.07. The Morgan fingerprint density at radius 1 is 0.893 bits per heavy atom. The van der Waals surface area contributed by atoms with Crippen molar-refractivity contribution in [2.24, 2.45) is 5.92 Å². The van der Waals surface area contributed by atoms with E-state index in [0.29, 0.717) is 5.56 Å². The number of amides is 2. The number of hydrogen-bond donors (Lipinski definition) is 1. The summed E-state index contributed by atoms with van der Waals surface area (Å²) in [5.74, 6) is -1.38. The van der Waals surface area contributed by atoms with Gasteiger partial charge in [0.15, 0.2) is 6.10 Å². The largest absolute Gasteiger partial charge is 0.451 e. The van der Waals surface area contributed by atoms with Crippen molar-refractivity contribution in [2.75, 3.05) is 0 Å². The van der Waals surface area contributed by atoms with Crippen LogP contribution in [0.2, 0.25) is 0 Å². The molecule has 0 spiro atoms. The van der Waals surface area contributed by atoms with Gasteiger partial charge in [-0.2, -0.15) is 0 Å². The van der Waals surface area contributed by atoms with Crippen molar-refractivity contribution in [3.05, 3.63) is 35.4 Å². The highest BCUT2D eigenvalue weighted by Gasteiger charge is 2.32.